The average molecular weight is 233 g/mol. The summed E-state index contributed by atoms with van der Waals surface area (Å²) in [5.41, 5.74) is 2.49. The van der Waals surface area contributed by atoms with Crippen LogP contribution < -0.4 is 5.32 Å². The molecule has 2 heterocycles. The number of hydrogen-bond acceptors (Lipinski definition) is 3. The number of nitrogens with zero attached hydrogens (tertiary/aromatic N) is 4. The Morgan fingerprint density at radius 1 is 1.41 bits per heavy atom. The molecule has 5 heteroatoms. The van der Waals surface area contributed by atoms with E-state index in [0.717, 1.165) is 25.3 Å². The van der Waals surface area contributed by atoms with Crippen molar-refractivity contribution in [2.75, 3.05) is 7.05 Å². The molecule has 0 bridgehead atoms. The van der Waals surface area contributed by atoms with E-state index in [9.17, 15) is 0 Å². The summed E-state index contributed by atoms with van der Waals surface area (Å²) >= 11 is 0. The van der Waals surface area contributed by atoms with Crippen LogP contribution in [0.3, 0.4) is 0 Å². The van der Waals surface area contributed by atoms with Gasteiger partial charge in [-0.3, -0.25) is 4.68 Å². The Hall–Kier alpha value is -1.62. The second-order valence-electron chi connectivity index (χ2n) is 4.21. The van der Waals surface area contributed by atoms with E-state index in [4.69, 9.17) is 0 Å². The molecule has 0 saturated carbocycles. The van der Waals surface area contributed by atoms with Crippen molar-refractivity contribution in [3.8, 4) is 0 Å². The summed E-state index contributed by atoms with van der Waals surface area (Å²) < 4.78 is 4.09. The minimum Gasteiger partial charge on any atom is -0.338 e. The van der Waals surface area contributed by atoms with Gasteiger partial charge in [-0.25, -0.2) is 4.98 Å². The van der Waals surface area contributed by atoms with Crippen molar-refractivity contribution in [2.24, 2.45) is 7.05 Å². The standard InChI is InChI=1S/C12H19N5/c1-10-11(8-13-2)9-15-17(10)6-4-12-14-5-7-16(12)3/h5,7,9,13H,4,6,8H2,1-3H3. The van der Waals surface area contributed by atoms with Crippen LogP contribution in [0.5, 0.6) is 0 Å². The van der Waals surface area contributed by atoms with Gasteiger partial charge in [0.25, 0.3) is 0 Å². The van der Waals surface area contributed by atoms with E-state index in [1.165, 1.54) is 11.3 Å². The van der Waals surface area contributed by atoms with E-state index in [-0.39, 0.29) is 0 Å². The summed E-state index contributed by atoms with van der Waals surface area (Å²) in [5.74, 6) is 1.09. The van der Waals surface area contributed by atoms with Crippen LogP contribution in [0, 0.1) is 6.92 Å². The first-order valence-electron chi connectivity index (χ1n) is 5.84. The van der Waals surface area contributed by atoms with Gasteiger partial charge in [0.15, 0.2) is 0 Å². The number of aryl methyl sites for hydroxylation is 3. The molecule has 2 aromatic rings. The van der Waals surface area contributed by atoms with Crippen molar-refractivity contribution < 1.29 is 0 Å². The van der Waals surface area contributed by atoms with Crippen molar-refractivity contribution in [2.45, 2.75) is 26.4 Å². The number of aromatic nitrogens is 4. The summed E-state index contributed by atoms with van der Waals surface area (Å²) in [6.07, 6.45) is 6.64. The Labute approximate surface area is 101 Å². The molecule has 2 rings (SSSR count). The van der Waals surface area contributed by atoms with Crippen LogP contribution in [0.15, 0.2) is 18.6 Å². The van der Waals surface area contributed by atoms with Gasteiger partial charge >= 0.3 is 0 Å². The fourth-order valence-corrected chi connectivity index (χ4v) is 1.92. The summed E-state index contributed by atoms with van der Waals surface area (Å²) in [6.45, 7) is 3.85. The predicted molar refractivity (Wildman–Crippen MR) is 66.6 cm³/mol. The van der Waals surface area contributed by atoms with Gasteiger partial charge in [0.1, 0.15) is 5.82 Å². The molecule has 0 unspecified atom stereocenters. The maximum atomic E-state index is 4.40. The largest absolute Gasteiger partial charge is 0.338 e. The molecule has 0 fully saturated rings. The Balaban J connectivity index is 2.02. The molecule has 0 aliphatic heterocycles. The van der Waals surface area contributed by atoms with Crippen LogP contribution in [0.1, 0.15) is 17.1 Å². The zero-order valence-electron chi connectivity index (χ0n) is 10.6. The fraction of sp³-hybridized carbons (Fsp3) is 0.500. The van der Waals surface area contributed by atoms with E-state index in [2.05, 4.69) is 22.3 Å². The van der Waals surface area contributed by atoms with Crippen molar-refractivity contribution >= 4 is 0 Å². The van der Waals surface area contributed by atoms with Gasteiger partial charge in [-0.05, 0) is 14.0 Å². The molecule has 0 aliphatic rings. The van der Waals surface area contributed by atoms with Gasteiger partial charge < -0.3 is 9.88 Å². The van der Waals surface area contributed by atoms with Crippen LogP contribution in [0.2, 0.25) is 0 Å². The molecule has 0 saturated heterocycles. The van der Waals surface area contributed by atoms with Crippen molar-refractivity contribution in [1.29, 1.82) is 0 Å². The highest BCUT2D eigenvalue weighted by Gasteiger charge is 2.06. The van der Waals surface area contributed by atoms with Crippen LogP contribution in [0.4, 0.5) is 0 Å². The number of nitrogens with one attached hydrogen (secondary N) is 1. The van der Waals surface area contributed by atoms with Crippen LogP contribution in [-0.2, 0) is 26.6 Å². The van der Waals surface area contributed by atoms with Crippen LogP contribution in [0.25, 0.3) is 0 Å². The predicted octanol–water partition coefficient (Wildman–Crippen LogP) is 0.887. The monoisotopic (exact) mass is 233 g/mol. The third-order valence-electron chi connectivity index (χ3n) is 3.04. The van der Waals surface area contributed by atoms with E-state index in [0.29, 0.717) is 0 Å². The van der Waals surface area contributed by atoms with E-state index >= 15 is 0 Å². The first-order chi connectivity index (χ1) is 8.22. The summed E-state index contributed by atoms with van der Waals surface area (Å²) in [6, 6.07) is 0. The van der Waals surface area contributed by atoms with Gasteiger partial charge in [-0.1, -0.05) is 0 Å². The third-order valence-corrected chi connectivity index (χ3v) is 3.04. The molecule has 17 heavy (non-hydrogen) atoms. The zero-order chi connectivity index (χ0) is 12.3. The minimum absolute atomic E-state index is 0.869. The molecule has 0 radical (unpaired) electrons. The Bertz CT molecular complexity index is 483. The average Bonchev–Trinajstić information content (AvgIpc) is 2.86. The second-order valence-corrected chi connectivity index (χ2v) is 4.21. The normalized spacial score (nSPS) is 11.0. The first kappa shape index (κ1) is 11.9. The lowest BCUT2D eigenvalue weighted by molar-refractivity contribution is 0.574. The number of hydrogen-bond donors (Lipinski definition) is 1. The minimum atomic E-state index is 0.869. The van der Waals surface area contributed by atoms with Gasteiger partial charge in [-0.2, -0.15) is 5.10 Å². The number of imidazole rings is 1. The molecule has 2 aromatic heterocycles. The molecule has 5 nitrogen and oxygen atoms in total. The molecule has 0 spiro atoms. The smallest absolute Gasteiger partial charge is 0.110 e. The summed E-state index contributed by atoms with van der Waals surface area (Å²) in [4.78, 5) is 4.31. The zero-order valence-corrected chi connectivity index (χ0v) is 10.6. The fourth-order valence-electron chi connectivity index (χ4n) is 1.92. The van der Waals surface area contributed by atoms with Crippen molar-refractivity contribution in [3.63, 3.8) is 0 Å². The Morgan fingerprint density at radius 3 is 2.88 bits per heavy atom. The lowest BCUT2D eigenvalue weighted by atomic mass is 10.2. The Kier molecular flexibility index (Phi) is 3.58. The third kappa shape index (κ3) is 2.55. The highest BCUT2D eigenvalue weighted by molar-refractivity contribution is 5.15. The molecule has 1 N–H and O–H groups in total. The molecule has 0 amide bonds. The highest BCUT2D eigenvalue weighted by Crippen LogP contribution is 2.08. The number of rotatable bonds is 5. The van der Waals surface area contributed by atoms with Crippen molar-refractivity contribution in [3.05, 3.63) is 35.7 Å². The quantitative estimate of drug-likeness (QED) is 0.834. The lowest BCUT2D eigenvalue weighted by Gasteiger charge is -2.05. The van der Waals surface area contributed by atoms with Gasteiger partial charge in [0.05, 0.1) is 6.20 Å². The maximum absolute atomic E-state index is 4.40. The van der Waals surface area contributed by atoms with E-state index in [1.807, 2.05) is 41.9 Å². The van der Waals surface area contributed by atoms with Gasteiger partial charge in [-0.15, -0.1) is 0 Å². The molecule has 0 aromatic carbocycles. The first-order valence-corrected chi connectivity index (χ1v) is 5.84. The Morgan fingerprint density at radius 2 is 2.24 bits per heavy atom. The summed E-state index contributed by atoms with van der Waals surface area (Å²) in [5, 5.41) is 7.55. The second kappa shape index (κ2) is 5.14. The molecular weight excluding hydrogens is 214 g/mol. The van der Waals surface area contributed by atoms with Gasteiger partial charge in [0, 0.05) is 50.2 Å². The maximum Gasteiger partial charge on any atom is 0.110 e. The summed E-state index contributed by atoms with van der Waals surface area (Å²) in [7, 11) is 3.97. The molecule has 0 aliphatic carbocycles. The SMILES string of the molecule is CNCc1cnn(CCc2nccn2C)c1C. The van der Waals surface area contributed by atoms with Crippen LogP contribution >= 0.6 is 0 Å². The van der Waals surface area contributed by atoms with E-state index in [1.54, 1.807) is 0 Å². The lowest BCUT2D eigenvalue weighted by Crippen LogP contribution is -2.10. The molecule has 92 valence electrons. The highest BCUT2D eigenvalue weighted by atomic mass is 15.3. The van der Waals surface area contributed by atoms with E-state index < -0.39 is 0 Å². The van der Waals surface area contributed by atoms with Crippen LogP contribution in [-0.4, -0.2) is 26.4 Å². The topological polar surface area (TPSA) is 47.7 Å². The van der Waals surface area contributed by atoms with Crippen molar-refractivity contribution in [1.82, 2.24) is 24.6 Å². The van der Waals surface area contributed by atoms with Gasteiger partial charge in [0.2, 0.25) is 0 Å². The molecule has 0 atom stereocenters. The molecular formula is C12H19N5.